The lowest BCUT2D eigenvalue weighted by Crippen LogP contribution is -2.25. The van der Waals surface area contributed by atoms with Gasteiger partial charge < -0.3 is 0 Å². The number of hydrogen-bond acceptors (Lipinski definition) is 5. The Hall–Kier alpha value is -4.50. The largest absolute Gasteiger partial charge is 0.346 e. The molecule has 0 unspecified atom stereocenters. The average Bonchev–Trinajstić information content (AvgIpc) is 3.31. The molecule has 0 saturated carbocycles. The molecule has 0 spiro atoms. The topological polar surface area (TPSA) is 98.9 Å². The highest BCUT2D eigenvalue weighted by atomic mass is 32.2. The molecule has 1 N–H and O–H groups in total. The molecule has 2 heterocycles. The van der Waals surface area contributed by atoms with Crippen LogP contribution in [0.4, 0.5) is 5.69 Å². The number of aromatic nitrogens is 4. The quantitative estimate of drug-likeness (QED) is 0.175. The third-order valence-electron chi connectivity index (χ3n) is 7.93. The van der Waals surface area contributed by atoms with Crippen molar-refractivity contribution in [2.24, 2.45) is 0 Å². The molecule has 2 aromatic heterocycles. The summed E-state index contributed by atoms with van der Waals surface area (Å²) in [6.07, 6.45) is 3.96. The van der Waals surface area contributed by atoms with Gasteiger partial charge in [-0.2, -0.15) is 5.10 Å². The van der Waals surface area contributed by atoms with Gasteiger partial charge in [-0.3, -0.25) is 14.3 Å². The molecule has 0 aliphatic rings. The smallest absolute Gasteiger partial charge is 0.279 e. The van der Waals surface area contributed by atoms with Crippen LogP contribution in [-0.4, -0.2) is 27.7 Å². The summed E-state index contributed by atoms with van der Waals surface area (Å²) < 4.78 is 31.3. The second-order valence-electron chi connectivity index (χ2n) is 12.4. The van der Waals surface area contributed by atoms with E-state index in [-0.39, 0.29) is 16.0 Å². The lowest BCUT2D eigenvalue weighted by molar-refractivity contribution is 0.588. The molecule has 234 valence electrons. The van der Waals surface area contributed by atoms with Crippen molar-refractivity contribution in [3.8, 4) is 11.3 Å². The van der Waals surface area contributed by atoms with Crippen LogP contribution in [0, 0.1) is 6.92 Å². The van der Waals surface area contributed by atoms with Crippen molar-refractivity contribution in [2.75, 3.05) is 4.72 Å². The summed E-state index contributed by atoms with van der Waals surface area (Å²) in [6, 6.07) is 26.9. The number of anilines is 1. The Morgan fingerprint density at radius 3 is 2.09 bits per heavy atom. The summed E-state index contributed by atoms with van der Waals surface area (Å²) in [7, 11) is -3.68. The second-order valence-corrected chi connectivity index (χ2v) is 14.1. The molecule has 9 heteroatoms. The predicted molar refractivity (Wildman–Crippen MR) is 180 cm³/mol. The molecule has 5 aromatic rings. The average molecular weight is 624 g/mol. The minimum absolute atomic E-state index is 0.0711. The molecule has 0 radical (unpaired) electrons. The maximum Gasteiger partial charge on any atom is 0.346 e. The normalized spacial score (nSPS) is 11.9. The van der Waals surface area contributed by atoms with E-state index in [2.05, 4.69) is 66.9 Å². The first-order valence-electron chi connectivity index (χ1n) is 15.3. The summed E-state index contributed by atoms with van der Waals surface area (Å²) in [5.74, 6) is 0.813. The SMILES string of the molecule is CCn1c(CCCc2ccc(-c3ccc(NS(=O)(=O)c4ccc(C)cc4)cn3)cc2)nn(Cc2ccc(C(C)(C)C)cc2)c1=O. The van der Waals surface area contributed by atoms with Gasteiger partial charge in [0.25, 0.3) is 10.0 Å². The molecule has 5 rings (SSSR count). The highest BCUT2D eigenvalue weighted by molar-refractivity contribution is 7.92. The molecule has 8 nitrogen and oxygen atoms in total. The van der Waals surface area contributed by atoms with Gasteiger partial charge in [-0.05, 0) is 73.1 Å². The van der Waals surface area contributed by atoms with Gasteiger partial charge in [0.05, 0.1) is 29.0 Å². The molecule has 0 aliphatic heterocycles. The van der Waals surface area contributed by atoms with E-state index >= 15 is 0 Å². The minimum atomic E-state index is -3.68. The molecule has 0 fully saturated rings. The van der Waals surface area contributed by atoms with Crippen molar-refractivity contribution in [1.29, 1.82) is 0 Å². The first-order valence-corrected chi connectivity index (χ1v) is 16.8. The Labute approximate surface area is 265 Å². The van der Waals surface area contributed by atoms with E-state index in [4.69, 9.17) is 5.10 Å². The standard InChI is InChI=1S/C36H41N5O3S/c1-6-40-34(38-41(35(40)42)25-28-14-18-30(19-15-28)36(3,4)5)9-7-8-27-12-16-29(17-13-27)33-23-20-31(24-37-33)39-45(43,44)32-21-10-26(2)11-22-32/h10-24,39H,6-9,25H2,1-5H3. The molecule has 0 atom stereocenters. The fourth-order valence-corrected chi connectivity index (χ4v) is 6.27. The lowest BCUT2D eigenvalue weighted by atomic mass is 9.87. The van der Waals surface area contributed by atoms with Crippen LogP contribution < -0.4 is 10.4 Å². The summed E-state index contributed by atoms with van der Waals surface area (Å²) in [4.78, 5) is 17.7. The number of nitrogens with zero attached hydrogens (tertiary/aromatic N) is 4. The molecule has 0 aliphatic carbocycles. The Kier molecular flexibility index (Phi) is 9.39. The molecule has 3 aromatic carbocycles. The van der Waals surface area contributed by atoms with Crippen LogP contribution in [0.3, 0.4) is 0 Å². The minimum Gasteiger partial charge on any atom is -0.279 e. The summed E-state index contributed by atoms with van der Waals surface area (Å²) >= 11 is 0. The van der Waals surface area contributed by atoms with Gasteiger partial charge in [-0.25, -0.2) is 17.9 Å². The maximum absolute atomic E-state index is 13.0. The van der Waals surface area contributed by atoms with Crippen molar-refractivity contribution < 1.29 is 8.42 Å². The maximum atomic E-state index is 13.0. The van der Waals surface area contributed by atoms with Crippen molar-refractivity contribution in [3.63, 3.8) is 0 Å². The molecular formula is C36H41N5O3S. The van der Waals surface area contributed by atoms with Crippen molar-refractivity contribution in [3.05, 3.63) is 130 Å². The van der Waals surface area contributed by atoms with Crippen LogP contribution in [0.2, 0.25) is 0 Å². The van der Waals surface area contributed by atoms with E-state index < -0.39 is 10.0 Å². The third-order valence-corrected chi connectivity index (χ3v) is 9.33. The summed E-state index contributed by atoms with van der Waals surface area (Å²) in [6.45, 7) is 11.5. The van der Waals surface area contributed by atoms with E-state index in [0.29, 0.717) is 25.2 Å². The van der Waals surface area contributed by atoms with E-state index in [1.54, 1.807) is 45.6 Å². The Morgan fingerprint density at radius 2 is 1.49 bits per heavy atom. The number of benzene rings is 3. The number of aryl methyl sites for hydroxylation is 3. The number of hydrogen-bond donors (Lipinski definition) is 1. The number of sulfonamides is 1. The third kappa shape index (κ3) is 7.78. The second kappa shape index (κ2) is 13.2. The van der Waals surface area contributed by atoms with Gasteiger partial charge in [0.15, 0.2) is 0 Å². The van der Waals surface area contributed by atoms with Crippen molar-refractivity contribution in [2.45, 2.75) is 77.3 Å². The summed E-state index contributed by atoms with van der Waals surface area (Å²) in [5.41, 5.74) is 6.62. The van der Waals surface area contributed by atoms with Crippen molar-refractivity contribution >= 4 is 15.7 Å². The van der Waals surface area contributed by atoms with Crippen molar-refractivity contribution in [1.82, 2.24) is 19.3 Å². The molecule has 0 saturated heterocycles. The summed E-state index contributed by atoms with van der Waals surface area (Å²) in [5, 5.41) is 4.70. The van der Waals surface area contributed by atoms with E-state index in [9.17, 15) is 13.2 Å². The van der Waals surface area contributed by atoms with Gasteiger partial charge in [-0.15, -0.1) is 0 Å². The van der Waals surface area contributed by atoms with Crippen LogP contribution in [0.1, 0.15) is 62.2 Å². The number of rotatable bonds is 11. The first-order chi connectivity index (χ1) is 21.4. The fourth-order valence-electron chi connectivity index (χ4n) is 5.22. The van der Waals surface area contributed by atoms with Crippen LogP contribution in [0.25, 0.3) is 11.3 Å². The number of pyridine rings is 1. The Balaban J connectivity index is 1.17. The zero-order valence-corrected chi connectivity index (χ0v) is 27.4. The first kappa shape index (κ1) is 31.9. The fraction of sp³-hybridized carbons (Fsp3) is 0.306. The van der Waals surface area contributed by atoms with Crippen LogP contribution in [-0.2, 0) is 41.4 Å². The van der Waals surface area contributed by atoms with Gasteiger partial charge in [0.1, 0.15) is 5.82 Å². The van der Waals surface area contributed by atoms with E-state index in [0.717, 1.165) is 41.1 Å². The molecule has 45 heavy (non-hydrogen) atoms. The molecular weight excluding hydrogens is 582 g/mol. The Morgan fingerprint density at radius 1 is 0.822 bits per heavy atom. The zero-order chi connectivity index (χ0) is 32.2. The van der Waals surface area contributed by atoms with Gasteiger partial charge in [0.2, 0.25) is 0 Å². The predicted octanol–water partition coefficient (Wildman–Crippen LogP) is 6.76. The van der Waals surface area contributed by atoms with Crippen LogP contribution >= 0.6 is 0 Å². The van der Waals surface area contributed by atoms with Gasteiger partial charge in [-0.1, -0.05) is 87.0 Å². The highest BCUT2D eigenvalue weighted by Gasteiger charge is 2.16. The molecule has 0 bridgehead atoms. The lowest BCUT2D eigenvalue weighted by Gasteiger charge is -2.19. The van der Waals surface area contributed by atoms with E-state index in [1.807, 2.05) is 26.0 Å². The van der Waals surface area contributed by atoms with Crippen LogP contribution in [0.5, 0.6) is 0 Å². The van der Waals surface area contributed by atoms with Crippen LogP contribution in [0.15, 0.2) is 101 Å². The van der Waals surface area contributed by atoms with Gasteiger partial charge >= 0.3 is 5.69 Å². The van der Waals surface area contributed by atoms with E-state index in [1.165, 1.54) is 17.3 Å². The molecule has 0 amide bonds. The highest BCUT2D eigenvalue weighted by Crippen LogP contribution is 2.23. The zero-order valence-electron chi connectivity index (χ0n) is 26.6. The Bertz CT molecular complexity index is 1900. The van der Waals surface area contributed by atoms with Gasteiger partial charge in [0, 0.05) is 18.5 Å². The number of nitrogens with one attached hydrogen (secondary N) is 1. The monoisotopic (exact) mass is 623 g/mol.